The fourth-order valence-electron chi connectivity index (χ4n) is 1.43. The minimum atomic E-state index is -0.224. The Hall–Kier alpha value is -1.14. The first-order chi connectivity index (χ1) is 8.95. The smallest absolute Gasteiger partial charge is 0.233 e. The van der Waals surface area contributed by atoms with Crippen LogP contribution in [0, 0.1) is 20.8 Å². The lowest BCUT2D eigenvalue weighted by Crippen LogP contribution is -2.33. The number of methoxy groups -OCH3 is 1. The Bertz CT molecular complexity index is 429. The van der Waals surface area contributed by atoms with Crippen LogP contribution in [0.3, 0.4) is 0 Å². The van der Waals surface area contributed by atoms with Crippen LogP contribution < -0.4 is 5.32 Å². The van der Waals surface area contributed by atoms with E-state index < -0.39 is 0 Å². The van der Waals surface area contributed by atoms with Crippen molar-refractivity contribution < 1.29 is 9.53 Å². The van der Waals surface area contributed by atoms with Crippen molar-refractivity contribution in [1.29, 1.82) is 0 Å². The average molecular weight is 283 g/mol. The molecule has 6 heteroatoms. The van der Waals surface area contributed by atoms with Crippen LogP contribution in [0.25, 0.3) is 0 Å². The van der Waals surface area contributed by atoms with Crippen molar-refractivity contribution >= 4 is 17.7 Å². The summed E-state index contributed by atoms with van der Waals surface area (Å²) < 4.78 is 4.89. The second kappa shape index (κ2) is 7.45. The van der Waals surface area contributed by atoms with Gasteiger partial charge < -0.3 is 10.1 Å². The number of carbonyl (C=O) groups is 1. The van der Waals surface area contributed by atoms with E-state index in [1.807, 2.05) is 27.7 Å². The maximum Gasteiger partial charge on any atom is 0.233 e. The van der Waals surface area contributed by atoms with Crippen LogP contribution >= 0.6 is 11.8 Å². The molecule has 1 N–H and O–H groups in total. The van der Waals surface area contributed by atoms with Crippen molar-refractivity contribution in [2.75, 3.05) is 20.3 Å². The first-order valence-electron chi connectivity index (χ1n) is 6.20. The molecule has 0 aliphatic rings. The summed E-state index contributed by atoms with van der Waals surface area (Å²) >= 11 is 1.37. The number of hydrogen-bond acceptors (Lipinski definition) is 5. The second-order valence-corrected chi connectivity index (χ2v) is 5.65. The third-order valence-electron chi connectivity index (χ3n) is 2.87. The van der Waals surface area contributed by atoms with E-state index in [1.165, 1.54) is 11.8 Å². The molecule has 0 saturated heterocycles. The standard InChI is InChI=1S/C13H21N3O2S/c1-8-9(2)15-13(16-10(8)3)19-11(4)12(17)14-6-7-18-5/h11H,6-7H2,1-5H3,(H,14,17)/t11-/m0/s1. The molecule has 0 saturated carbocycles. The van der Waals surface area contributed by atoms with Crippen LogP contribution in [0.15, 0.2) is 5.16 Å². The molecule has 19 heavy (non-hydrogen) atoms. The molecule has 0 aliphatic heterocycles. The zero-order valence-corrected chi connectivity index (χ0v) is 12.9. The molecule has 0 aromatic carbocycles. The molecule has 0 aliphatic carbocycles. The molecular formula is C13H21N3O2S. The van der Waals surface area contributed by atoms with E-state index in [4.69, 9.17) is 4.74 Å². The molecule has 1 aromatic rings. The van der Waals surface area contributed by atoms with Gasteiger partial charge in [-0.3, -0.25) is 4.79 Å². The number of ether oxygens (including phenoxy) is 1. The Morgan fingerprint density at radius 2 is 1.89 bits per heavy atom. The molecule has 106 valence electrons. The van der Waals surface area contributed by atoms with Crippen molar-refractivity contribution in [3.05, 3.63) is 17.0 Å². The molecular weight excluding hydrogens is 262 g/mol. The molecule has 1 heterocycles. The van der Waals surface area contributed by atoms with E-state index >= 15 is 0 Å². The zero-order chi connectivity index (χ0) is 14.4. The molecule has 1 rings (SSSR count). The second-order valence-electron chi connectivity index (χ2n) is 4.35. The van der Waals surface area contributed by atoms with Gasteiger partial charge in [-0.25, -0.2) is 9.97 Å². The summed E-state index contributed by atoms with van der Waals surface area (Å²) in [5.41, 5.74) is 3.02. The number of nitrogens with one attached hydrogen (secondary N) is 1. The third kappa shape index (κ3) is 4.80. The van der Waals surface area contributed by atoms with Crippen LogP contribution in [0.1, 0.15) is 23.9 Å². The van der Waals surface area contributed by atoms with Gasteiger partial charge in [0.15, 0.2) is 5.16 Å². The van der Waals surface area contributed by atoms with Gasteiger partial charge in [0.1, 0.15) is 0 Å². The van der Waals surface area contributed by atoms with Gasteiger partial charge in [-0.05, 0) is 33.3 Å². The summed E-state index contributed by atoms with van der Waals surface area (Å²) in [7, 11) is 1.61. The van der Waals surface area contributed by atoms with Gasteiger partial charge in [0.05, 0.1) is 11.9 Å². The van der Waals surface area contributed by atoms with Gasteiger partial charge in [0, 0.05) is 25.0 Å². The molecule has 5 nitrogen and oxygen atoms in total. The Morgan fingerprint density at radius 3 is 2.42 bits per heavy atom. The van der Waals surface area contributed by atoms with Crippen molar-refractivity contribution in [3.8, 4) is 0 Å². The fourth-order valence-corrected chi connectivity index (χ4v) is 2.31. The number of thioether (sulfide) groups is 1. The van der Waals surface area contributed by atoms with Crippen molar-refractivity contribution in [2.24, 2.45) is 0 Å². The number of aryl methyl sites for hydroxylation is 2. The van der Waals surface area contributed by atoms with Gasteiger partial charge >= 0.3 is 0 Å². The van der Waals surface area contributed by atoms with Gasteiger partial charge in [-0.15, -0.1) is 0 Å². The van der Waals surface area contributed by atoms with E-state index in [-0.39, 0.29) is 11.2 Å². The first kappa shape index (κ1) is 15.9. The topological polar surface area (TPSA) is 64.1 Å². The van der Waals surface area contributed by atoms with E-state index in [9.17, 15) is 4.79 Å². The molecule has 1 amide bonds. The van der Waals surface area contributed by atoms with Crippen LogP contribution in [0.5, 0.6) is 0 Å². The van der Waals surface area contributed by atoms with Crippen LogP contribution in [-0.2, 0) is 9.53 Å². The normalized spacial score (nSPS) is 12.3. The number of hydrogen-bond donors (Lipinski definition) is 1. The van der Waals surface area contributed by atoms with Gasteiger partial charge in [0.25, 0.3) is 0 Å². The minimum Gasteiger partial charge on any atom is -0.383 e. The Balaban J connectivity index is 2.61. The average Bonchev–Trinajstić information content (AvgIpc) is 2.36. The molecule has 1 atom stereocenters. The molecule has 0 bridgehead atoms. The third-order valence-corrected chi connectivity index (χ3v) is 3.83. The highest BCUT2D eigenvalue weighted by Gasteiger charge is 2.16. The monoisotopic (exact) mass is 283 g/mol. The zero-order valence-electron chi connectivity index (χ0n) is 12.1. The molecule has 1 aromatic heterocycles. The summed E-state index contributed by atoms with van der Waals surface area (Å²) in [5, 5.41) is 3.23. The molecule has 0 radical (unpaired) electrons. The van der Waals surface area contributed by atoms with E-state index in [1.54, 1.807) is 7.11 Å². The molecule has 0 spiro atoms. The number of rotatable bonds is 6. The van der Waals surface area contributed by atoms with E-state index in [0.29, 0.717) is 18.3 Å². The Kier molecular flexibility index (Phi) is 6.24. The number of nitrogens with zero attached hydrogens (tertiary/aromatic N) is 2. The quantitative estimate of drug-likeness (QED) is 0.488. The minimum absolute atomic E-state index is 0.0264. The fraction of sp³-hybridized carbons (Fsp3) is 0.615. The largest absolute Gasteiger partial charge is 0.383 e. The molecule has 0 unspecified atom stereocenters. The summed E-state index contributed by atoms with van der Waals surface area (Å²) in [5.74, 6) is -0.0264. The van der Waals surface area contributed by atoms with Crippen LogP contribution in [-0.4, -0.2) is 41.4 Å². The summed E-state index contributed by atoms with van der Waals surface area (Å²) in [6, 6.07) is 0. The van der Waals surface area contributed by atoms with Gasteiger partial charge in [-0.2, -0.15) is 0 Å². The Morgan fingerprint density at radius 1 is 1.32 bits per heavy atom. The van der Waals surface area contributed by atoms with E-state index in [2.05, 4.69) is 15.3 Å². The molecule has 0 fully saturated rings. The SMILES string of the molecule is COCCNC(=O)[C@H](C)Sc1nc(C)c(C)c(C)n1. The predicted molar refractivity (Wildman–Crippen MR) is 76.4 cm³/mol. The van der Waals surface area contributed by atoms with Gasteiger partial charge in [-0.1, -0.05) is 11.8 Å². The summed E-state index contributed by atoms with van der Waals surface area (Å²) in [4.78, 5) is 20.6. The van der Waals surface area contributed by atoms with Crippen molar-refractivity contribution in [3.63, 3.8) is 0 Å². The van der Waals surface area contributed by atoms with E-state index in [0.717, 1.165) is 17.0 Å². The maximum absolute atomic E-state index is 11.8. The lowest BCUT2D eigenvalue weighted by Gasteiger charge is -2.12. The number of amides is 1. The van der Waals surface area contributed by atoms with Crippen molar-refractivity contribution in [1.82, 2.24) is 15.3 Å². The maximum atomic E-state index is 11.8. The summed E-state index contributed by atoms with van der Waals surface area (Å²) in [6.45, 7) is 8.80. The lowest BCUT2D eigenvalue weighted by atomic mass is 10.2. The number of aromatic nitrogens is 2. The van der Waals surface area contributed by atoms with Crippen molar-refractivity contribution in [2.45, 2.75) is 38.1 Å². The van der Waals surface area contributed by atoms with Crippen LogP contribution in [0.4, 0.5) is 0 Å². The number of carbonyl (C=O) groups excluding carboxylic acids is 1. The highest BCUT2D eigenvalue weighted by Crippen LogP contribution is 2.21. The first-order valence-corrected chi connectivity index (χ1v) is 7.08. The summed E-state index contributed by atoms with van der Waals surface area (Å²) in [6.07, 6.45) is 0. The highest BCUT2D eigenvalue weighted by molar-refractivity contribution is 8.00. The predicted octanol–water partition coefficient (Wildman–Crippen LogP) is 1.65. The van der Waals surface area contributed by atoms with Gasteiger partial charge in [0.2, 0.25) is 5.91 Å². The Labute approximate surface area is 118 Å². The lowest BCUT2D eigenvalue weighted by molar-refractivity contribution is -0.120. The van der Waals surface area contributed by atoms with Crippen LogP contribution in [0.2, 0.25) is 0 Å². The highest BCUT2D eigenvalue weighted by atomic mass is 32.2.